The summed E-state index contributed by atoms with van der Waals surface area (Å²) < 4.78 is 18.3. The molecule has 0 unspecified atom stereocenters. The number of rotatable bonds is 37. The second kappa shape index (κ2) is 38.8. The van der Waals surface area contributed by atoms with Crippen molar-refractivity contribution in [3.63, 3.8) is 0 Å². The molecule has 8 amide bonds. The molecular weight excluding hydrogens is 1550 g/mol. The van der Waals surface area contributed by atoms with Crippen molar-refractivity contribution in [3.05, 3.63) is 123 Å². The third-order valence-corrected chi connectivity index (χ3v) is 19.4. The summed E-state index contributed by atoms with van der Waals surface area (Å²) in [4.78, 5) is 339. The average Bonchev–Trinajstić information content (AvgIpc) is 0.837. The van der Waals surface area contributed by atoms with Gasteiger partial charge >= 0.3 is 499 Å². The van der Waals surface area contributed by atoms with Gasteiger partial charge in [-0.05, 0) is 36.8 Å². The molecule has 55 heteroatoms. The van der Waals surface area contributed by atoms with Gasteiger partial charge in [-0.3, -0.25) is 0 Å². The molecule has 0 aliphatic rings. The van der Waals surface area contributed by atoms with Crippen molar-refractivity contribution in [2.24, 2.45) is 0 Å². The number of carbonyl (C=O) groups excluding carboxylic acids is 8. The molecule has 0 saturated heterocycles. The van der Waals surface area contributed by atoms with Crippen LogP contribution in [0.1, 0.15) is 63.7 Å². The van der Waals surface area contributed by atoms with Gasteiger partial charge < -0.3 is 4.74 Å². The number of nitrogens with zero attached hydrogens (tertiary/aromatic N) is 4. The fraction of sp³-hybridized carbons (Fsp3) is 0.333. The molecule has 0 aliphatic carbocycles. The Hall–Kier alpha value is -5.64. The molecule has 0 bridgehead atoms. The molecule has 4 aromatic carbocycles. The van der Waals surface area contributed by atoms with Crippen molar-refractivity contribution < 1.29 is 170 Å². The van der Waals surface area contributed by atoms with Crippen LogP contribution < -0.4 is 57.6 Å². The summed E-state index contributed by atoms with van der Waals surface area (Å²) in [6.07, 6.45) is -9.08. The van der Waals surface area contributed by atoms with E-state index in [9.17, 15) is 156 Å². The van der Waals surface area contributed by atoms with Gasteiger partial charge in [-0.1, -0.05) is 17.7 Å². The van der Waals surface area contributed by atoms with Crippen LogP contribution in [0.15, 0.2) is 78.9 Å². The third kappa shape index (κ3) is 39.5. The van der Waals surface area contributed by atoms with Crippen LogP contribution in [-0.4, -0.2) is 261 Å². The van der Waals surface area contributed by atoms with E-state index in [-0.39, 0.29) is 34.8 Å². The monoisotopic (exact) mass is 1640 g/mol. The Morgan fingerprint density at radius 1 is 0.282 bits per heavy atom. The predicted octanol–water partition coefficient (Wildman–Crippen LogP) is -9.58. The van der Waals surface area contributed by atoms with Crippen molar-refractivity contribution in [2.45, 2.75) is 26.7 Å². The molecule has 47 nitrogen and oxygen atoms in total. The number of nitrogens with one attached hydrogen (secondary N) is 8. The van der Waals surface area contributed by atoms with E-state index in [0.717, 1.165) is 42.0 Å². The Kier molecular flexibility index (Phi) is 33.8. The van der Waals surface area contributed by atoms with Gasteiger partial charge in [0.1, 0.15) is 23.9 Å². The quantitative estimate of drug-likeness (QED) is 0.0147. The molecule has 0 fully saturated rings. The molecule has 0 saturated carbocycles. The maximum Gasteiger partial charge on any atom is -0.0130 e. The first-order chi connectivity index (χ1) is 47.1. The van der Waals surface area contributed by atoms with Crippen LogP contribution in [0.25, 0.3) is 0 Å². The van der Waals surface area contributed by atoms with Crippen molar-refractivity contribution >= 4 is 111 Å². The zero-order valence-electron chi connectivity index (χ0n) is 53.6. The number of ether oxygens (including phenoxy) is 3. The number of hydrogen-bond donors (Lipinski definition) is 32. The number of amides is 8. The topological polar surface area (TPSA) is 759 Å². The molecule has 0 heterocycles. The first-order valence-corrected chi connectivity index (χ1v) is 45.5. The van der Waals surface area contributed by atoms with Crippen molar-refractivity contribution in [3.8, 4) is 17.2 Å². The summed E-state index contributed by atoms with van der Waals surface area (Å²) in [7, 11) is -40.6. The Bertz CT molecular complexity index is 3150. The second-order valence-corrected chi connectivity index (χ2v) is 38.0. The fourth-order valence-corrected chi connectivity index (χ4v) is 16.4. The second-order valence-electron chi connectivity index (χ2n) is 23.1. The molecule has 32 N–H and O–H groups in total. The van der Waals surface area contributed by atoms with Crippen LogP contribution >= 0.6 is 63.5 Å². The van der Waals surface area contributed by atoms with E-state index in [1.165, 1.54) is 18.2 Å². The van der Waals surface area contributed by atoms with E-state index in [2.05, 4.69) is 0 Å². The van der Waals surface area contributed by atoms with Gasteiger partial charge in [-0.2, -0.15) is 0 Å². The Labute approximate surface area is 585 Å². The molecule has 4 aromatic rings. The van der Waals surface area contributed by atoms with Gasteiger partial charge in [0.05, 0.1) is 0 Å². The van der Waals surface area contributed by atoms with Crippen LogP contribution in [0, 0.1) is 6.92 Å². The number of hydrogen-bond acceptors (Lipinski definition) is 39. The molecule has 0 radical (unpaired) electrons. The molecule has 0 aromatic heterocycles. The van der Waals surface area contributed by atoms with Crippen LogP contribution in [0.5, 0.6) is 17.2 Å². The Morgan fingerprint density at radius 3 is 0.699 bits per heavy atom. The van der Waals surface area contributed by atoms with Gasteiger partial charge in [0, 0.05) is 6.07 Å². The molecule has 103 heavy (non-hydrogen) atoms. The molecule has 0 atom stereocenters. The number of hydrazine groups is 4. The number of benzene rings is 4. The van der Waals surface area contributed by atoms with E-state index in [1.807, 2.05) is 50.3 Å². The zero-order chi connectivity index (χ0) is 77.9. The van der Waals surface area contributed by atoms with E-state index in [1.54, 1.807) is 24.3 Å². The van der Waals surface area contributed by atoms with Crippen molar-refractivity contribution in [2.75, 3.05) is 76.5 Å². The normalized spacial score (nSPS) is 13.8. The van der Waals surface area contributed by atoms with Gasteiger partial charge in [-0.25, -0.2) is 0 Å². The number of aryl methyl sites for hydroxylation is 1. The smallest absolute Gasteiger partial charge is 0.0130 e. The predicted molar refractivity (Wildman–Crippen MR) is 371 cm³/mol. The minimum atomic E-state index is -5.07. The third-order valence-electron chi connectivity index (χ3n) is 12.4. The van der Waals surface area contributed by atoms with Gasteiger partial charge in [-0.15, -0.1) is 0 Å². The van der Waals surface area contributed by atoms with E-state index in [4.69, 9.17) is 14.2 Å². The van der Waals surface area contributed by atoms with Crippen LogP contribution in [0.2, 0.25) is 0 Å². The van der Waals surface area contributed by atoms with Gasteiger partial charge in [0.25, 0.3) is 0 Å². The zero-order valence-corrected chi connectivity index (χ0v) is 61.6. The minimum Gasteiger partial charge on any atom is -0.0556 e. The summed E-state index contributed by atoms with van der Waals surface area (Å²) >= 11 is 0. The van der Waals surface area contributed by atoms with Crippen LogP contribution in [0.3, 0.4) is 0 Å². The van der Waals surface area contributed by atoms with Crippen molar-refractivity contribution in [1.82, 2.24) is 63.0 Å². The Balaban J connectivity index is 1.75. The molecule has 588 valence electrons. The largest absolute Gasteiger partial charge is 0.0556 e. The summed E-state index contributed by atoms with van der Waals surface area (Å²) in [5.74, 6) is -9.58. The maximum atomic E-state index is 13.7. The van der Waals surface area contributed by atoms with Crippen molar-refractivity contribution in [1.29, 1.82) is 0 Å². The molecule has 0 aliphatic heterocycles. The minimum absolute atomic E-state index is 0.0725. The first kappa shape index (κ1) is 89.8. The van der Waals surface area contributed by atoms with Crippen LogP contribution in [-0.2, 0) is 39.0 Å². The Morgan fingerprint density at radius 2 is 0.485 bits per heavy atom. The average molecular weight is 1640 g/mol. The maximum absolute atomic E-state index is 13.7. The van der Waals surface area contributed by atoms with Gasteiger partial charge in [0.2, 0.25) is 0 Å². The van der Waals surface area contributed by atoms with Gasteiger partial charge in [0.15, 0.2) is 0 Å². The summed E-state index contributed by atoms with van der Waals surface area (Å²) in [5.41, 5.74) is 14.7. The SMILES string of the molecule is Cc1ccc(OCc2cc(OCc3cc(C(=O)NNC(=O)CN(C[PH](O)(O)O)C[PH](O)(O)O)cc(C(=O)NNC(=O)CN(C[PH](O)(O)O)C[PH](O)(O)O)c3)cc(OCc3cc(C(=O)NNC(=O)CN(C[PH](O)(O)O)C[PH](O)(O)O)cc(C(=O)NNC(=O)CN(C[PH](O)(O)O)C[PH](O)(O)O)c3)c2)cc1. The van der Waals surface area contributed by atoms with E-state index >= 15 is 0 Å². The number of carbonyl (C=O) groups is 8. The van der Waals surface area contributed by atoms with E-state index < -0.39 is 223 Å². The molecular formula is C48H86N12O35P8. The summed E-state index contributed by atoms with van der Waals surface area (Å²) in [6, 6.07) is 17.1. The van der Waals surface area contributed by atoms with Crippen LogP contribution in [0.4, 0.5) is 0 Å². The summed E-state index contributed by atoms with van der Waals surface area (Å²) in [6.45, 7) is -3.74. The molecule has 0 spiro atoms. The van der Waals surface area contributed by atoms with E-state index in [0.29, 0.717) is 25.3 Å². The molecule has 4 rings (SSSR count). The summed E-state index contributed by atoms with van der Waals surface area (Å²) in [5, 5.41) is 0. The standard InChI is InChI=1S/C48H86N12O35P8/c1-30-2-4-38(5-3-30)93-21-33-10-39(94-19-31-6-34(45(65)53-49-41(61)15-57(22-96(69,70)71)23-97(72,73)74)12-35(7-31)46(66)54-50-42(62)16-58(24-98(75,76)77)25-99(78,79)80)14-40(11-33)95-20-32-8-36(47(67)55-51-43(63)17-59(26-100(81,82)83)27-101(84,85)86)13-37(9-32)48(68)56-52-44(64)18-60(28-102(87,88)89)29-103(90,91)92/h2-14,69-92,96-103H,15-29H2,1H3,(H,49,61)(H,50,62)(H,51,63)(H,52,64)(H,53,65)(H,54,66)(H,55,67)(H,56,68). The first-order valence-electron chi connectivity index (χ1n) is 29.1. The fourth-order valence-electron chi connectivity index (χ4n) is 8.93.